The van der Waals surface area contributed by atoms with E-state index in [9.17, 15) is 22.8 Å². The molecule has 12 heteroatoms. The van der Waals surface area contributed by atoms with Crippen LogP contribution >= 0.6 is 11.6 Å². The molecule has 0 spiro atoms. The minimum atomic E-state index is -3.16. The van der Waals surface area contributed by atoms with Crippen molar-refractivity contribution in [3.63, 3.8) is 0 Å². The summed E-state index contributed by atoms with van der Waals surface area (Å²) in [5.74, 6) is -0.253. The summed E-state index contributed by atoms with van der Waals surface area (Å²) in [7, 11) is -0.329. The van der Waals surface area contributed by atoms with Crippen molar-refractivity contribution < 1.29 is 13.2 Å². The zero-order chi connectivity index (χ0) is 21.8. The van der Waals surface area contributed by atoms with Crippen molar-refractivity contribution in [1.82, 2.24) is 23.6 Å². The van der Waals surface area contributed by atoms with E-state index in [1.165, 1.54) is 23.2 Å². The molecule has 3 heterocycles. The van der Waals surface area contributed by atoms with Crippen LogP contribution in [-0.2, 0) is 35.3 Å². The van der Waals surface area contributed by atoms with E-state index in [2.05, 4.69) is 4.98 Å². The molecule has 1 amide bonds. The number of rotatable bonds is 4. The van der Waals surface area contributed by atoms with Gasteiger partial charge in [-0.3, -0.25) is 23.3 Å². The molecule has 1 saturated carbocycles. The minimum absolute atomic E-state index is 0.0171. The molecule has 2 fully saturated rings. The summed E-state index contributed by atoms with van der Waals surface area (Å²) in [5, 5.41) is -0.0675. The quantitative estimate of drug-likeness (QED) is 0.599. The van der Waals surface area contributed by atoms with E-state index in [4.69, 9.17) is 11.6 Å². The lowest BCUT2D eigenvalue weighted by atomic mass is 10.1. The first-order chi connectivity index (χ1) is 14.1. The third kappa shape index (κ3) is 3.47. The normalized spacial score (nSPS) is 21.5. The van der Waals surface area contributed by atoms with Crippen LogP contribution < -0.4 is 11.2 Å². The van der Waals surface area contributed by atoms with E-state index in [0.717, 1.165) is 30.3 Å². The fourth-order valence-electron chi connectivity index (χ4n) is 4.66. The van der Waals surface area contributed by atoms with Gasteiger partial charge in [-0.2, -0.15) is 4.98 Å². The Balaban J connectivity index is 1.74. The van der Waals surface area contributed by atoms with Gasteiger partial charge >= 0.3 is 5.69 Å². The first-order valence-corrected chi connectivity index (χ1v) is 12.1. The molecule has 1 aliphatic carbocycles. The Hall–Kier alpha value is -2.14. The number of aryl methyl sites for hydroxylation is 1. The first kappa shape index (κ1) is 21.1. The van der Waals surface area contributed by atoms with E-state index in [1.807, 2.05) is 0 Å². The Kier molecular flexibility index (Phi) is 5.29. The molecule has 164 valence electrons. The molecule has 0 bridgehead atoms. The smallest absolute Gasteiger partial charge is 0.332 e. The van der Waals surface area contributed by atoms with Crippen LogP contribution in [-0.4, -0.2) is 61.5 Å². The highest BCUT2D eigenvalue weighted by molar-refractivity contribution is 7.91. The molecule has 0 radical (unpaired) electrons. The van der Waals surface area contributed by atoms with Gasteiger partial charge < -0.3 is 4.90 Å². The maximum Gasteiger partial charge on any atom is 0.332 e. The highest BCUT2D eigenvalue weighted by Gasteiger charge is 2.39. The first-order valence-electron chi connectivity index (χ1n) is 9.94. The lowest BCUT2D eigenvalue weighted by molar-refractivity contribution is -0.136. The highest BCUT2D eigenvalue weighted by Crippen LogP contribution is 2.30. The predicted octanol–water partition coefficient (Wildman–Crippen LogP) is 0.0454. The lowest BCUT2D eigenvalue weighted by Gasteiger charge is -2.34. The van der Waals surface area contributed by atoms with E-state index in [-0.39, 0.29) is 52.5 Å². The number of carbonyl (C=O) groups is 1. The van der Waals surface area contributed by atoms with E-state index >= 15 is 0 Å². The fourth-order valence-corrected chi connectivity index (χ4v) is 6.60. The van der Waals surface area contributed by atoms with Gasteiger partial charge in [-0.1, -0.05) is 12.8 Å². The number of sulfone groups is 1. The average molecular weight is 458 g/mol. The van der Waals surface area contributed by atoms with E-state index in [1.54, 1.807) is 4.90 Å². The Labute approximate surface area is 178 Å². The second kappa shape index (κ2) is 7.52. The zero-order valence-corrected chi connectivity index (χ0v) is 18.4. The molecular formula is C18H24ClN5O5S. The topological polar surface area (TPSA) is 116 Å². The van der Waals surface area contributed by atoms with Crippen LogP contribution in [0.4, 0.5) is 0 Å². The second-order valence-corrected chi connectivity index (χ2v) is 10.7. The van der Waals surface area contributed by atoms with Gasteiger partial charge in [0.1, 0.15) is 6.54 Å². The SMILES string of the molecule is Cn1c(=O)c2c(nc(Cl)n2CC(=O)N(C2CCCC2)C2CCS(=O)(=O)C2)n(C)c1=O. The number of nitrogens with zero attached hydrogens (tertiary/aromatic N) is 5. The summed E-state index contributed by atoms with van der Waals surface area (Å²) in [4.78, 5) is 44.1. The van der Waals surface area contributed by atoms with Gasteiger partial charge in [0.15, 0.2) is 21.0 Å². The molecule has 2 aliphatic rings. The van der Waals surface area contributed by atoms with Gasteiger partial charge in [0.25, 0.3) is 5.56 Å². The summed E-state index contributed by atoms with van der Waals surface area (Å²) < 4.78 is 27.5. The second-order valence-electron chi connectivity index (χ2n) is 8.14. The predicted molar refractivity (Wildman–Crippen MR) is 111 cm³/mol. The molecule has 1 atom stereocenters. The third-order valence-corrected chi connectivity index (χ3v) is 8.24. The summed E-state index contributed by atoms with van der Waals surface area (Å²) in [6.45, 7) is -0.240. The van der Waals surface area contributed by atoms with Gasteiger partial charge in [0.2, 0.25) is 11.2 Å². The van der Waals surface area contributed by atoms with Crippen molar-refractivity contribution in [3.05, 3.63) is 26.1 Å². The van der Waals surface area contributed by atoms with Crippen LogP contribution in [0.5, 0.6) is 0 Å². The van der Waals surface area contributed by atoms with Crippen molar-refractivity contribution in [2.45, 2.75) is 50.7 Å². The van der Waals surface area contributed by atoms with Gasteiger partial charge in [0, 0.05) is 26.2 Å². The maximum absolute atomic E-state index is 13.4. The molecule has 30 heavy (non-hydrogen) atoms. The Morgan fingerprint density at radius 1 is 1.13 bits per heavy atom. The summed E-state index contributed by atoms with van der Waals surface area (Å²) in [5.41, 5.74) is -0.944. The van der Waals surface area contributed by atoms with Crippen LogP contribution in [0.15, 0.2) is 9.59 Å². The monoisotopic (exact) mass is 457 g/mol. The molecule has 1 aliphatic heterocycles. The van der Waals surface area contributed by atoms with Crippen LogP contribution in [0.3, 0.4) is 0 Å². The van der Waals surface area contributed by atoms with Crippen molar-refractivity contribution in [2.24, 2.45) is 14.1 Å². The number of hydrogen-bond donors (Lipinski definition) is 0. The molecule has 10 nitrogen and oxygen atoms in total. The van der Waals surface area contributed by atoms with Gasteiger partial charge in [0.05, 0.1) is 11.5 Å². The third-order valence-electron chi connectivity index (χ3n) is 6.20. The molecule has 0 N–H and O–H groups in total. The summed E-state index contributed by atoms with van der Waals surface area (Å²) >= 11 is 6.25. The molecule has 1 saturated heterocycles. The van der Waals surface area contributed by atoms with Crippen molar-refractivity contribution >= 4 is 38.5 Å². The highest BCUT2D eigenvalue weighted by atomic mass is 35.5. The van der Waals surface area contributed by atoms with Crippen LogP contribution in [0.1, 0.15) is 32.1 Å². The minimum Gasteiger partial charge on any atom is -0.334 e. The van der Waals surface area contributed by atoms with Crippen molar-refractivity contribution in [1.29, 1.82) is 0 Å². The number of amides is 1. The van der Waals surface area contributed by atoms with Crippen LogP contribution in [0, 0.1) is 0 Å². The van der Waals surface area contributed by atoms with Gasteiger partial charge in [-0.15, -0.1) is 0 Å². The van der Waals surface area contributed by atoms with E-state index in [0.29, 0.717) is 6.42 Å². The Bertz CT molecular complexity index is 1240. The van der Waals surface area contributed by atoms with Crippen LogP contribution in [0.2, 0.25) is 5.28 Å². The summed E-state index contributed by atoms with van der Waals surface area (Å²) in [6.07, 6.45) is 4.06. The number of fused-ring (bicyclic) bond motifs is 1. The van der Waals surface area contributed by atoms with Crippen LogP contribution in [0.25, 0.3) is 11.2 Å². The number of imidazole rings is 1. The number of hydrogen-bond acceptors (Lipinski definition) is 6. The Morgan fingerprint density at radius 3 is 2.40 bits per heavy atom. The largest absolute Gasteiger partial charge is 0.334 e. The standard InChI is InChI=1S/C18H24ClN5O5S/c1-21-15-14(16(26)22(2)18(21)27)23(17(19)20-15)9-13(25)24(11-5-3-4-6-11)12-7-8-30(28,29)10-12/h11-12H,3-10H2,1-2H3. The van der Waals surface area contributed by atoms with Crippen molar-refractivity contribution in [3.8, 4) is 0 Å². The molecule has 0 aromatic carbocycles. The maximum atomic E-state index is 13.4. The summed E-state index contributed by atoms with van der Waals surface area (Å²) in [6, 6.07) is -0.386. The van der Waals surface area contributed by atoms with Gasteiger partial charge in [-0.25, -0.2) is 13.2 Å². The Morgan fingerprint density at radius 2 is 1.80 bits per heavy atom. The molecule has 2 aromatic rings. The molecule has 1 unspecified atom stereocenters. The van der Waals surface area contributed by atoms with E-state index < -0.39 is 21.1 Å². The molecule has 4 rings (SSSR count). The molecular weight excluding hydrogens is 434 g/mol. The number of aromatic nitrogens is 4. The fraction of sp³-hybridized carbons (Fsp3) is 0.667. The van der Waals surface area contributed by atoms with Crippen molar-refractivity contribution in [2.75, 3.05) is 11.5 Å². The molecule has 2 aromatic heterocycles. The average Bonchev–Trinajstić information content (AvgIpc) is 3.40. The zero-order valence-electron chi connectivity index (χ0n) is 16.9. The lowest BCUT2D eigenvalue weighted by Crippen LogP contribution is -2.48. The number of halogens is 1. The number of carbonyl (C=O) groups excluding carboxylic acids is 1. The van der Waals surface area contributed by atoms with Gasteiger partial charge in [-0.05, 0) is 30.9 Å².